The molecule has 0 saturated heterocycles. The molecule has 0 fully saturated rings. The Kier molecular flexibility index (Phi) is 6.30. The van der Waals surface area contributed by atoms with Gasteiger partial charge in [0.25, 0.3) is 0 Å². The second-order valence-electron chi connectivity index (χ2n) is 13.4. The second-order valence-corrected chi connectivity index (χ2v) is 13.4. The maximum absolute atomic E-state index is 5.51. The molecule has 10 aromatic rings. The van der Waals surface area contributed by atoms with Crippen LogP contribution in [0.15, 0.2) is 152 Å². The standard InChI is InChI=1S/C45H33N5/c1-28(2)29-24-25-46-42(27-29)50-39-20-9-7-15-34(39)35-23-22-30(26-41(35)50)32-16-11-21-40-44(32)48-45(49(40)31-12-4-3-5-13-31)37-18-10-17-36-33-14-6-8-19-38(33)47-43(36)37/h3-28,47H,1-2H3. The van der Waals surface area contributed by atoms with Crippen LogP contribution in [0.5, 0.6) is 0 Å². The molecule has 0 spiro atoms. The van der Waals surface area contributed by atoms with Gasteiger partial charge in [0, 0.05) is 50.1 Å². The molecule has 4 aromatic heterocycles. The lowest BCUT2D eigenvalue weighted by atomic mass is 10.0. The van der Waals surface area contributed by atoms with E-state index in [4.69, 9.17) is 9.97 Å². The van der Waals surface area contributed by atoms with E-state index in [1.807, 2.05) is 6.20 Å². The van der Waals surface area contributed by atoms with Crippen molar-refractivity contribution >= 4 is 54.6 Å². The molecule has 5 nitrogen and oxygen atoms in total. The number of nitrogens with zero attached hydrogens (tertiary/aromatic N) is 4. The summed E-state index contributed by atoms with van der Waals surface area (Å²) in [6, 6.07) is 51.9. The van der Waals surface area contributed by atoms with Gasteiger partial charge in [-0.2, -0.15) is 0 Å². The molecule has 5 heteroatoms. The second kappa shape index (κ2) is 11.0. The fraction of sp³-hybridized carbons (Fsp3) is 0.0667. The quantitative estimate of drug-likeness (QED) is 0.203. The van der Waals surface area contributed by atoms with Gasteiger partial charge in [-0.1, -0.05) is 105 Å². The van der Waals surface area contributed by atoms with Crippen molar-refractivity contribution in [2.75, 3.05) is 0 Å². The van der Waals surface area contributed by atoms with E-state index >= 15 is 0 Å². The minimum Gasteiger partial charge on any atom is -0.354 e. The number of hydrogen-bond acceptors (Lipinski definition) is 2. The first kappa shape index (κ1) is 28.5. The van der Waals surface area contributed by atoms with Gasteiger partial charge in [0.05, 0.1) is 27.6 Å². The molecule has 0 amide bonds. The number of pyridine rings is 1. The highest BCUT2D eigenvalue weighted by molar-refractivity contribution is 6.13. The van der Waals surface area contributed by atoms with E-state index in [1.54, 1.807) is 0 Å². The fourth-order valence-corrected chi connectivity index (χ4v) is 7.71. The minimum absolute atomic E-state index is 0.405. The van der Waals surface area contributed by atoms with E-state index in [0.29, 0.717) is 5.92 Å². The van der Waals surface area contributed by atoms with Crippen molar-refractivity contribution in [3.63, 3.8) is 0 Å². The van der Waals surface area contributed by atoms with Crippen LogP contribution in [-0.2, 0) is 0 Å². The number of nitrogens with one attached hydrogen (secondary N) is 1. The molecule has 0 saturated carbocycles. The third kappa shape index (κ3) is 4.26. The average molecular weight is 644 g/mol. The lowest BCUT2D eigenvalue weighted by molar-refractivity contribution is 0.858. The molecule has 1 N–H and O–H groups in total. The Labute approximate surface area is 289 Å². The number of hydrogen-bond donors (Lipinski definition) is 1. The molecule has 50 heavy (non-hydrogen) atoms. The summed E-state index contributed by atoms with van der Waals surface area (Å²) in [5, 5.41) is 4.82. The highest BCUT2D eigenvalue weighted by Gasteiger charge is 2.21. The predicted molar refractivity (Wildman–Crippen MR) is 208 cm³/mol. The number of fused-ring (bicyclic) bond motifs is 7. The van der Waals surface area contributed by atoms with Crippen LogP contribution in [0.25, 0.3) is 88.7 Å². The fourth-order valence-electron chi connectivity index (χ4n) is 7.71. The van der Waals surface area contributed by atoms with Crippen molar-refractivity contribution in [2.45, 2.75) is 19.8 Å². The SMILES string of the molecule is CC(C)c1ccnc(-n2c3ccccc3c3ccc(-c4cccc5c4nc(-c4cccc6c4[nH]c4ccccc46)n5-c4ccccc4)cc32)c1. The van der Waals surface area contributed by atoms with Gasteiger partial charge in [-0.15, -0.1) is 0 Å². The zero-order chi connectivity index (χ0) is 33.3. The Hall–Kier alpha value is -6.46. The van der Waals surface area contributed by atoms with Crippen LogP contribution in [0.3, 0.4) is 0 Å². The molecule has 0 radical (unpaired) electrons. The van der Waals surface area contributed by atoms with Crippen molar-refractivity contribution in [2.24, 2.45) is 0 Å². The van der Waals surface area contributed by atoms with Crippen LogP contribution in [0.4, 0.5) is 0 Å². The number of benzene rings is 6. The number of rotatable bonds is 5. The number of para-hydroxylation sites is 5. The first-order valence-corrected chi connectivity index (χ1v) is 17.2. The van der Waals surface area contributed by atoms with Crippen LogP contribution in [0.1, 0.15) is 25.3 Å². The lowest BCUT2D eigenvalue weighted by Crippen LogP contribution is -1.99. The van der Waals surface area contributed by atoms with Crippen molar-refractivity contribution < 1.29 is 0 Å². The van der Waals surface area contributed by atoms with Gasteiger partial charge >= 0.3 is 0 Å². The molecule has 0 aliphatic rings. The molecule has 6 aromatic carbocycles. The molecule has 0 bridgehead atoms. The molecule has 0 aliphatic carbocycles. The third-order valence-electron chi connectivity index (χ3n) is 10.1. The summed E-state index contributed by atoms with van der Waals surface area (Å²) < 4.78 is 4.61. The summed E-state index contributed by atoms with van der Waals surface area (Å²) in [5.74, 6) is 2.24. The molecule has 10 rings (SSSR count). The number of aromatic nitrogens is 5. The van der Waals surface area contributed by atoms with E-state index in [0.717, 1.165) is 67.1 Å². The van der Waals surface area contributed by atoms with Gasteiger partial charge in [0.15, 0.2) is 0 Å². The average Bonchev–Trinajstić information content (AvgIpc) is 3.85. The summed E-state index contributed by atoms with van der Waals surface area (Å²) >= 11 is 0. The van der Waals surface area contributed by atoms with Crippen LogP contribution < -0.4 is 0 Å². The largest absolute Gasteiger partial charge is 0.354 e. The van der Waals surface area contributed by atoms with Gasteiger partial charge in [-0.05, 0) is 71.6 Å². The van der Waals surface area contributed by atoms with Gasteiger partial charge in [0.1, 0.15) is 11.6 Å². The van der Waals surface area contributed by atoms with Gasteiger partial charge in [-0.25, -0.2) is 9.97 Å². The van der Waals surface area contributed by atoms with Crippen LogP contribution in [0, 0.1) is 0 Å². The highest BCUT2D eigenvalue weighted by atomic mass is 15.1. The van der Waals surface area contributed by atoms with E-state index < -0.39 is 0 Å². The molecule has 0 unspecified atom stereocenters. The molecule has 238 valence electrons. The Balaban J connectivity index is 1.24. The van der Waals surface area contributed by atoms with Gasteiger partial charge < -0.3 is 4.98 Å². The summed E-state index contributed by atoms with van der Waals surface area (Å²) in [4.78, 5) is 14.1. The topological polar surface area (TPSA) is 51.4 Å². The van der Waals surface area contributed by atoms with E-state index in [2.05, 4.69) is 174 Å². The maximum atomic E-state index is 5.51. The molecular formula is C45H33N5. The number of imidazole rings is 1. The van der Waals surface area contributed by atoms with E-state index in [-0.39, 0.29) is 0 Å². The van der Waals surface area contributed by atoms with Crippen molar-refractivity contribution in [3.05, 3.63) is 157 Å². The monoisotopic (exact) mass is 643 g/mol. The Morgan fingerprint density at radius 3 is 2.16 bits per heavy atom. The normalized spacial score (nSPS) is 12.0. The number of H-pyrrole nitrogens is 1. The summed E-state index contributed by atoms with van der Waals surface area (Å²) in [6.07, 6.45) is 1.93. The first-order chi connectivity index (χ1) is 24.6. The van der Waals surface area contributed by atoms with E-state index in [1.165, 1.54) is 27.1 Å². The predicted octanol–water partition coefficient (Wildman–Crippen LogP) is 11.6. The Morgan fingerprint density at radius 1 is 0.560 bits per heavy atom. The smallest absolute Gasteiger partial charge is 0.147 e. The van der Waals surface area contributed by atoms with Crippen LogP contribution in [0.2, 0.25) is 0 Å². The van der Waals surface area contributed by atoms with Crippen LogP contribution >= 0.6 is 0 Å². The zero-order valence-electron chi connectivity index (χ0n) is 27.8. The Bertz CT molecular complexity index is 2900. The zero-order valence-corrected chi connectivity index (χ0v) is 27.8. The highest BCUT2D eigenvalue weighted by Crippen LogP contribution is 2.40. The molecule has 0 atom stereocenters. The van der Waals surface area contributed by atoms with Gasteiger partial charge in [-0.3, -0.25) is 9.13 Å². The van der Waals surface area contributed by atoms with Crippen molar-refractivity contribution in [1.82, 2.24) is 24.1 Å². The molecule has 0 aliphatic heterocycles. The van der Waals surface area contributed by atoms with Gasteiger partial charge in [0.2, 0.25) is 0 Å². The summed E-state index contributed by atoms with van der Waals surface area (Å²) in [6.45, 7) is 4.45. The number of aromatic amines is 1. The minimum atomic E-state index is 0.405. The molecule has 4 heterocycles. The summed E-state index contributed by atoms with van der Waals surface area (Å²) in [5.41, 5.74) is 12.1. The maximum Gasteiger partial charge on any atom is 0.147 e. The third-order valence-corrected chi connectivity index (χ3v) is 10.1. The molecular weight excluding hydrogens is 611 g/mol. The summed E-state index contributed by atoms with van der Waals surface area (Å²) in [7, 11) is 0. The van der Waals surface area contributed by atoms with Crippen molar-refractivity contribution in [1.29, 1.82) is 0 Å². The Morgan fingerprint density at radius 2 is 1.28 bits per heavy atom. The van der Waals surface area contributed by atoms with Crippen LogP contribution in [-0.4, -0.2) is 24.1 Å². The van der Waals surface area contributed by atoms with Crippen molar-refractivity contribution in [3.8, 4) is 34.0 Å². The first-order valence-electron chi connectivity index (χ1n) is 17.2. The lowest BCUT2D eigenvalue weighted by Gasteiger charge is -2.12. The van der Waals surface area contributed by atoms with E-state index in [9.17, 15) is 0 Å².